The Morgan fingerprint density at radius 3 is 2.70 bits per heavy atom. The Kier molecular flexibility index (Phi) is 6.58. The number of carbonyl (C=O) groups is 3. The lowest BCUT2D eigenvalue weighted by atomic mass is 10.1. The van der Waals surface area contributed by atoms with Crippen LogP contribution in [0.1, 0.15) is 22.5 Å². The van der Waals surface area contributed by atoms with Gasteiger partial charge >= 0.3 is 0 Å². The number of ketones is 1. The number of aromatic hydroxyl groups is 2. The van der Waals surface area contributed by atoms with Crippen molar-refractivity contribution in [2.45, 2.75) is 6.42 Å². The highest BCUT2D eigenvalue weighted by molar-refractivity contribution is 8.26. The summed E-state index contributed by atoms with van der Waals surface area (Å²) in [6.07, 6.45) is 3.09. The maximum Gasteiger partial charge on any atom is 0.266 e. The lowest BCUT2D eigenvalue weighted by Crippen LogP contribution is -2.36. The molecule has 1 aliphatic heterocycles. The maximum atomic E-state index is 12.5. The smallest absolute Gasteiger partial charge is 0.266 e. The molecule has 8 nitrogen and oxygen atoms in total. The van der Waals surface area contributed by atoms with Crippen LogP contribution in [0.4, 0.5) is 0 Å². The Labute approximate surface area is 181 Å². The fourth-order valence-electron chi connectivity index (χ4n) is 2.69. The Bertz CT molecular complexity index is 1030. The van der Waals surface area contributed by atoms with Gasteiger partial charge in [-0.1, -0.05) is 24.0 Å². The number of hydrogen-bond donors (Lipinski definition) is 2. The predicted octanol–water partition coefficient (Wildman–Crippen LogP) is 2.62. The molecule has 10 heteroatoms. The molecule has 30 heavy (non-hydrogen) atoms. The topological polar surface area (TPSA) is 111 Å². The highest BCUT2D eigenvalue weighted by atomic mass is 32.2. The summed E-state index contributed by atoms with van der Waals surface area (Å²) in [5.74, 6) is -1.24. The fraction of sp³-hybridized carbons (Fsp3) is 0.200. The van der Waals surface area contributed by atoms with Crippen LogP contribution in [-0.2, 0) is 9.59 Å². The standard InChI is InChI=1S/C20H18N2O6S2/c1-21(11-16(25)12-4-5-14(23)15(24)9-12)18(26)6-7-22-19(27)17(30-20(22)29)10-13-3-2-8-28-13/h2-5,8-10,23-24H,6-7,11H2,1H3. The van der Waals surface area contributed by atoms with E-state index in [0.29, 0.717) is 15.0 Å². The molecule has 1 aliphatic rings. The molecule has 2 heterocycles. The third-order valence-electron chi connectivity index (χ3n) is 4.34. The van der Waals surface area contributed by atoms with Gasteiger partial charge < -0.3 is 19.5 Å². The molecule has 3 rings (SSSR count). The van der Waals surface area contributed by atoms with E-state index < -0.39 is 11.5 Å². The predicted molar refractivity (Wildman–Crippen MR) is 115 cm³/mol. The molecule has 156 valence electrons. The van der Waals surface area contributed by atoms with Crippen molar-refractivity contribution >= 4 is 52.0 Å². The van der Waals surface area contributed by atoms with Gasteiger partial charge in [-0.05, 0) is 30.3 Å². The van der Waals surface area contributed by atoms with Crippen molar-refractivity contribution in [1.82, 2.24) is 9.80 Å². The van der Waals surface area contributed by atoms with Gasteiger partial charge in [0, 0.05) is 31.7 Å². The summed E-state index contributed by atoms with van der Waals surface area (Å²) >= 11 is 6.37. The van der Waals surface area contributed by atoms with Gasteiger partial charge in [0.1, 0.15) is 10.1 Å². The van der Waals surface area contributed by atoms with E-state index in [2.05, 4.69) is 0 Å². The molecule has 2 N–H and O–H groups in total. The second-order valence-electron chi connectivity index (χ2n) is 6.48. The first kappa shape index (κ1) is 21.6. The van der Waals surface area contributed by atoms with Crippen molar-refractivity contribution in [2.24, 2.45) is 0 Å². The van der Waals surface area contributed by atoms with Gasteiger partial charge in [-0.25, -0.2) is 0 Å². The second-order valence-corrected chi connectivity index (χ2v) is 8.15. The summed E-state index contributed by atoms with van der Waals surface area (Å²) in [7, 11) is 1.47. The van der Waals surface area contributed by atoms with E-state index in [1.807, 2.05) is 0 Å². The number of amides is 2. The van der Waals surface area contributed by atoms with E-state index in [4.69, 9.17) is 16.6 Å². The zero-order valence-electron chi connectivity index (χ0n) is 15.9. The molecule has 0 aliphatic carbocycles. The molecule has 1 aromatic carbocycles. The molecule has 2 amide bonds. The molecule has 1 fully saturated rings. The number of likely N-dealkylation sites (N-methyl/N-ethyl adjacent to an activating group) is 1. The van der Waals surface area contributed by atoms with Crippen molar-refractivity contribution in [3.05, 3.63) is 52.8 Å². The number of Topliss-reactive ketones (excluding diaryl/α,β-unsaturated/α-hetero) is 1. The van der Waals surface area contributed by atoms with Crippen molar-refractivity contribution in [1.29, 1.82) is 0 Å². The first-order valence-corrected chi connectivity index (χ1v) is 10.1. The molecule has 0 radical (unpaired) electrons. The van der Waals surface area contributed by atoms with Crippen LogP contribution in [0.25, 0.3) is 6.08 Å². The number of furan rings is 1. The lowest BCUT2D eigenvalue weighted by Gasteiger charge is -2.19. The van der Waals surface area contributed by atoms with Gasteiger partial charge in [0.2, 0.25) is 5.91 Å². The number of nitrogens with zero attached hydrogens (tertiary/aromatic N) is 2. The maximum absolute atomic E-state index is 12.5. The summed E-state index contributed by atoms with van der Waals surface area (Å²) < 4.78 is 5.56. The SMILES string of the molecule is CN(CC(=O)c1ccc(O)c(O)c1)C(=O)CCN1C(=O)C(=Cc2ccco2)SC1=S. The fourth-order valence-corrected chi connectivity index (χ4v) is 3.97. The largest absolute Gasteiger partial charge is 0.504 e. The van der Waals surface area contributed by atoms with Crippen LogP contribution in [0.3, 0.4) is 0 Å². The molecule has 0 saturated carbocycles. The number of thiocarbonyl (C=S) groups is 1. The van der Waals surface area contributed by atoms with E-state index in [1.54, 1.807) is 18.2 Å². The summed E-state index contributed by atoms with van der Waals surface area (Å²) in [6.45, 7) is -0.114. The molecule has 0 unspecified atom stereocenters. The minimum Gasteiger partial charge on any atom is -0.504 e. The molecule has 1 saturated heterocycles. The molecular formula is C20H18N2O6S2. The number of hydrogen-bond acceptors (Lipinski definition) is 8. The Balaban J connectivity index is 1.55. The van der Waals surface area contributed by atoms with Gasteiger partial charge in [-0.15, -0.1) is 0 Å². The number of phenolic OH excluding ortho intramolecular Hbond substituents is 2. The number of thioether (sulfide) groups is 1. The minimum absolute atomic E-state index is 0.00885. The molecule has 0 bridgehead atoms. The number of carbonyl (C=O) groups excluding carboxylic acids is 3. The van der Waals surface area contributed by atoms with E-state index in [0.717, 1.165) is 17.8 Å². The van der Waals surface area contributed by atoms with Crippen molar-refractivity contribution in [3.63, 3.8) is 0 Å². The normalized spacial score (nSPS) is 15.1. The zero-order valence-corrected chi connectivity index (χ0v) is 17.5. The summed E-state index contributed by atoms with van der Waals surface area (Å²) in [5.41, 5.74) is 0.171. The number of phenols is 2. The summed E-state index contributed by atoms with van der Waals surface area (Å²) in [4.78, 5) is 40.2. The average molecular weight is 447 g/mol. The van der Waals surface area contributed by atoms with Crippen LogP contribution < -0.4 is 0 Å². The summed E-state index contributed by atoms with van der Waals surface area (Å²) in [6, 6.07) is 7.14. The van der Waals surface area contributed by atoms with Crippen molar-refractivity contribution < 1.29 is 29.0 Å². The van der Waals surface area contributed by atoms with Gasteiger partial charge in [-0.3, -0.25) is 19.3 Å². The van der Waals surface area contributed by atoms with Gasteiger partial charge in [0.25, 0.3) is 5.91 Å². The average Bonchev–Trinajstić information content (AvgIpc) is 3.30. The molecule has 0 atom stereocenters. The van der Waals surface area contributed by atoms with Crippen LogP contribution in [0.15, 0.2) is 45.9 Å². The van der Waals surface area contributed by atoms with Crippen LogP contribution in [0.2, 0.25) is 0 Å². The van der Waals surface area contributed by atoms with E-state index in [9.17, 15) is 24.6 Å². The van der Waals surface area contributed by atoms with Crippen LogP contribution in [0.5, 0.6) is 11.5 Å². The van der Waals surface area contributed by atoms with E-state index >= 15 is 0 Å². The van der Waals surface area contributed by atoms with Crippen LogP contribution >= 0.6 is 24.0 Å². The third kappa shape index (κ3) is 4.89. The Hall–Kier alpha value is -3.11. The highest BCUT2D eigenvalue weighted by Crippen LogP contribution is 2.32. The lowest BCUT2D eigenvalue weighted by molar-refractivity contribution is -0.130. The quantitative estimate of drug-likeness (QED) is 0.289. The Morgan fingerprint density at radius 1 is 1.27 bits per heavy atom. The van der Waals surface area contributed by atoms with Gasteiger partial charge in [0.15, 0.2) is 17.3 Å². The Morgan fingerprint density at radius 2 is 2.03 bits per heavy atom. The van der Waals surface area contributed by atoms with Gasteiger partial charge in [0.05, 0.1) is 17.7 Å². The van der Waals surface area contributed by atoms with Crippen molar-refractivity contribution in [2.75, 3.05) is 20.1 Å². The number of benzene rings is 1. The molecular weight excluding hydrogens is 428 g/mol. The van der Waals surface area contributed by atoms with Crippen LogP contribution in [0, 0.1) is 0 Å². The minimum atomic E-state index is -0.410. The first-order valence-electron chi connectivity index (χ1n) is 8.84. The zero-order chi connectivity index (χ0) is 21.8. The van der Waals surface area contributed by atoms with E-state index in [1.165, 1.54) is 35.2 Å². The van der Waals surface area contributed by atoms with E-state index in [-0.39, 0.29) is 42.6 Å². The van der Waals surface area contributed by atoms with Gasteiger partial charge in [-0.2, -0.15) is 0 Å². The summed E-state index contributed by atoms with van der Waals surface area (Å²) in [5, 5.41) is 18.8. The monoisotopic (exact) mass is 446 g/mol. The van der Waals surface area contributed by atoms with Crippen LogP contribution in [-0.4, -0.2) is 62.1 Å². The third-order valence-corrected chi connectivity index (χ3v) is 5.72. The highest BCUT2D eigenvalue weighted by Gasteiger charge is 2.32. The molecule has 1 aromatic heterocycles. The molecule has 0 spiro atoms. The second kappa shape index (κ2) is 9.14. The molecule has 2 aromatic rings. The number of rotatable bonds is 7. The van der Waals surface area contributed by atoms with Crippen molar-refractivity contribution in [3.8, 4) is 11.5 Å². The first-order chi connectivity index (χ1) is 14.3.